The second-order valence-electron chi connectivity index (χ2n) is 4.06. The molecule has 0 atom stereocenters. The summed E-state index contributed by atoms with van der Waals surface area (Å²) in [5, 5.41) is 2.63. The van der Waals surface area contributed by atoms with Crippen molar-refractivity contribution < 1.29 is 14.3 Å². The van der Waals surface area contributed by atoms with Crippen molar-refractivity contribution in [1.82, 2.24) is 5.32 Å². The van der Waals surface area contributed by atoms with Gasteiger partial charge < -0.3 is 10.1 Å². The fraction of sp³-hybridized carbons (Fsp3) is 0.429. The number of esters is 1. The molecule has 0 bridgehead atoms. The van der Waals surface area contributed by atoms with Crippen molar-refractivity contribution in [3.8, 4) is 5.75 Å². The number of hydrogen-bond donors (Lipinski definition) is 1. The first kappa shape index (κ1) is 14.2. The van der Waals surface area contributed by atoms with Crippen molar-refractivity contribution in [3.63, 3.8) is 0 Å². The van der Waals surface area contributed by atoms with Crippen molar-refractivity contribution in [2.24, 2.45) is 0 Å². The number of hydrogen-bond acceptors (Lipinski definition) is 3. The van der Waals surface area contributed by atoms with Crippen molar-refractivity contribution >= 4 is 11.9 Å². The van der Waals surface area contributed by atoms with Gasteiger partial charge in [-0.25, -0.2) is 0 Å². The number of amides is 1. The van der Waals surface area contributed by atoms with Gasteiger partial charge in [0.15, 0.2) is 0 Å². The van der Waals surface area contributed by atoms with Crippen molar-refractivity contribution in [2.75, 3.05) is 6.54 Å². The lowest BCUT2D eigenvalue weighted by Crippen LogP contribution is -2.22. The lowest BCUT2D eigenvalue weighted by molar-refractivity contribution is -0.134. The average Bonchev–Trinajstić information content (AvgIpc) is 2.35. The predicted molar refractivity (Wildman–Crippen MR) is 69.4 cm³/mol. The second kappa shape index (κ2) is 7.48. The maximum atomic E-state index is 11.5. The predicted octanol–water partition coefficient (Wildman–Crippen LogP) is 2.07. The molecular formula is C14H19NO3. The Labute approximate surface area is 107 Å². The van der Waals surface area contributed by atoms with Crippen LogP contribution in [-0.4, -0.2) is 18.4 Å². The molecule has 98 valence electrons. The quantitative estimate of drug-likeness (QED) is 0.477. The Hall–Kier alpha value is -1.84. The number of nitrogens with one attached hydrogen (secondary N) is 1. The molecule has 1 aromatic rings. The van der Waals surface area contributed by atoms with E-state index >= 15 is 0 Å². The van der Waals surface area contributed by atoms with Crippen LogP contribution in [0.4, 0.5) is 0 Å². The Morgan fingerprint density at radius 2 is 1.89 bits per heavy atom. The number of rotatable bonds is 6. The van der Waals surface area contributed by atoms with E-state index in [0.717, 1.165) is 6.42 Å². The zero-order chi connectivity index (χ0) is 13.4. The lowest BCUT2D eigenvalue weighted by Gasteiger charge is -2.05. The van der Waals surface area contributed by atoms with Crippen LogP contribution in [0.2, 0.25) is 0 Å². The summed E-state index contributed by atoms with van der Waals surface area (Å²) < 4.78 is 5.17. The minimum atomic E-state index is -0.274. The van der Waals surface area contributed by atoms with Gasteiger partial charge >= 0.3 is 5.97 Å². The maximum absolute atomic E-state index is 11.5. The summed E-state index contributed by atoms with van der Waals surface area (Å²) in [5.41, 5.74) is 1.21. The minimum Gasteiger partial charge on any atom is -0.427 e. The van der Waals surface area contributed by atoms with Gasteiger partial charge in [0.2, 0.25) is 5.91 Å². The van der Waals surface area contributed by atoms with Gasteiger partial charge in [-0.2, -0.15) is 0 Å². The number of benzene rings is 1. The summed E-state index contributed by atoms with van der Waals surface area (Å²) in [5.74, 6) is 0.208. The number of carbonyl (C=O) groups excluding carboxylic acids is 2. The molecule has 4 nitrogen and oxygen atoms in total. The first-order valence-corrected chi connectivity index (χ1v) is 6.16. The van der Waals surface area contributed by atoms with Gasteiger partial charge in [-0.15, -0.1) is 0 Å². The highest BCUT2D eigenvalue weighted by Crippen LogP contribution is 2.13. The van der Waals surface area contributed by atoms with Crippen LogP contribution in [0, 0.1) is 0 Å². The van der Waals surface area contributed by atoms with Crippen LogP contribution < -0.4 is 10.1 Å². The van der Waals surface area contributed by atoms with Crippen LogP contribution in [0.1, 0.15) is 32.3 Å². The molecule has 0 unspecified atom stereocenters. The van der Waals surface area contributed by atoms with Gasteiger partial charge in [-0.3, -0.25) is 9.59 Å². The van der Waals surface area contributed by atoms with Gasteiger partial charge in [0.1, 0.15) is 5.75 Å². The summed E-state index contributed by atoms with van der Waals surface area (Å²) >= 11 is 0. The Morgan fingerprint density at radius 1 is 1.22 bits per heavy atom. The summed E-state index contributed by atoms with van der Waals surface area (Å²) in [6.45, 7) is 4.02. The second-order valence-corrected chi connectivity index (χ2v) is 4.06. The van der Waals surface area contributed by atoms with Crippen LogP contribution in [-0.2, 0) is 16.0 Å². The van der Waals surface area contributed by atoms with Crippen LogP contribution in [0.5, 0.6) is 5.75 Å². The van der Waals surface area contributed by atoms with E-state index in [9.17, 15) is 9.59 Å². The van der Waals surface area contributed by atoms with E-state index in [1.165, 1.54) is 12.5 Å². The number of ether oxygens (including phenoxy) is 1. The Morgan fingerprint density at radius 3 is 2.44 bits per heavy atom. The largest absolute Gasteiger partial charge is 0.427 e. The molecule has 0 radical (unpaired) electrons. The first-order valence-electron chi connectivity index (χ1n) is 6.16. The Kier molecular flexibility index (Phi) is 5.91. The van der Waals surface area contributed by atoms with E-state index in [1.54, 1.807) is 12.1 Å². The third kappa shape index (κ3) is 5.48. The summed E-state index contributed by atoms with van der Waals surface area (Å²) in [7, 11) is 0. The van der Waals surface area contributed by atoms with E-state index < -0.39 is 0 Å². The van der Waals surface area contributed by atoms with Gasteiger partial charge in [0.25, 0.3) is 0 Å². The molecule has 0 heterocycles. The van der Waals surface area contributed by atoms with Crippen molar-refractivity contribution in [1.29, 1.82) is 0 Å². The standard InChI is InChI=1S/C14H19NO3/c1-3-12-6-8-13(9-7-12)18-14(17)5-4-10-15-11(2)16/h6-9H,3-5,10H2,1-2H3,(H,15,16). The molecule has 1 rings (SSSR count). The van der Waals surface area contributed by atoms with E-state index in [4.69, 9.17) is 4.74 Å². The van der Waals surface area contributed by atoms with Gasteiger partial charge in [-0.1, -0.05) is 19.1 Å². The number of carbonyl (C=O) groups is 2. The molecule has 0 aliphatic rings. The molecule has 0 aliphatic carbocycles. The van der Waals surface area contributed by atoms with E-state index in [1.807, 2.05) is 12.1 Å². The topological polar surface area (TPSA) is 55.4 Å². The molecule has 0 spiro atoms. The van der Waals surface area contributed by atoms with Crippen LogP contribution in [0.3, 0.4) is 0 Å². The van der Waals surface area contributed by atoms with E-state index in [0.29, 0.717) is 25.1 Å². The number of aryl methyl sites for hydroxylation is 1. The summed E-state index contributed by atoms with van der Waals surface area (Å²) in [6, 6.07) is 7.48. The normalized spacial score (nSPS) is 9.89. The smallest absolute Gasteiger partial charge is 0.311 e. The Balaban J connectivity index is 2.28. The average molecular weight is 249 g/mol. The van der Waals surface area contributed by atoms with Crippen LogP contribution in [0.15, 0.2) is 24.3 Å². The van der Waals surface area contributed by atoms with Crippen molar-refractivity contribution in [2.45, 2.75) is 33.1 Å². The van der Waals surface area contributed by atoms with Crippen molar-refractivity contribution in [3.05, 3.63) is 29.8 Å². The molecule has 0 fully saturated rings. The molecule has 4 heteroatoms. The fourth-order valence-electron chi connectivity index (χ4n) is 1.47. The molecule has 1 aromatic carbocycles. The molecule has 0 aliphatic heterocycles. The maximum Gasteiger partial charge on any atom is 0.311 e. The molecule has 1 amide bonds. The third-order valence-corrected chi connectivity index (χ3v) is 2.49. The highest BCUT2D eigenvalue weighted by Gasteiger charge is 2.04. The zero-order valence-electron chi connectivity index (χ0n) is 10.9. The SMILES string of the molecule is CCc1ccc(OC(=O)CCCNC(C)=O)cc1. The summed E-state index contributed by atoms with van der Waals surface area (Å²) in [4.78, 5) is 22.1. The first-order chi connectivity index (χ1) is 8.61. The molecule has 18 heavy (non-hydrogen) atoms. The zero-order valence-corrected chi connectivity index (χ0v) is 10.9. The van der Waals surface area contributed by atoms with Crippen LogP contribution >= 0.6 is 0 Å². The lowest BCUT2D eigenvalue weighted by atomic mass is 10.2. The summed E-state index contributed by atoms with van der Waals surface area (Å²) in [6.07, 6.45) is 1.85. The Bertz CT molecular complexity index is 398. The monoisotopic (exact) mass is 249 g/mol. The highest BCUT2D eigenvalue weighted by molar-refractivity contribution is 5.73. The molecule has 0 saturated heterocycles. The fourth-order valence-corrected chi connectivity index (χ4v) is 1.47. The molecular weight excluding hydrogens is 230 g/mol. The van der Waals surface area contributed by atoms with E-state index in [2.05, 4.69) is 12.2 Å². The van der Waals surface area contributed by atoms with Gasteiger partial charge in [0, 0.05) is 19.9 Å². The van der Waals surface area contributed by atoms with Crippen LogP contribution in [0.25, 0.3) is 0 Å². The minimum absolute atomic E-state index is 0.0847. The highest BCUT2D eigenvalue weighted by atomic mass is 16.5. The molecule has 0 aromatic heterocycles. The van der Waals surface area contributed by atoms with Gasteiger partial charge in [0.05, 0.1) is 0 Å². The molecule has 1 N–H and O–H groups in total. The third-order valence-electron chi connectivity index (χ3n) is 2.49. The van der Waals surface area contributed by atoms with E-state index in [-0.39, 0.29) is 11.9 Å². The van der Waals surface area contributed by atoms with Gasteiger partial charge in [-0.05, 0) is 30.5 Å². The molecule has 0 saturated carbocycles.